The Morgan fingerprint density at radius 1 is 1.68 bits per heavy atom. The van der Waals surface area contributed by atoms with E-state index in [9.17, 15) is 4.79 Å². The summed E-state index contributed by atoms with van der Waals surface area (Å²) in [5.41, 5.74) is 2.88. The second-order valence-corrected chi connectivity index (χ2v) is 5.60. The fourth-order valence-corrected chi connectivity index (χ4v) is 2.60. The molecule has 1 amide bonds. The zero-order valence-corrected chi connectivity index (χ0v) is 12.4. The zero-order chi connectivity index (χ0) is 13.8. The quantitative estimate of drug-likeness (QED) is 0.566. The molecule has 4 N–H and O–H groups in total. The molecule has 1 aromatic heterocycles. The number of aromatic nitrogens is 1. The van der Waals surface area contributed by atoms with Crippen LogP contribution >= 0.6 is 15.9 Å². The standard InChI is InChI=1S/C12H18BrN5O/c1-18-4-2-3-9(18)7-16-12(19)10-5-8(13)6-15-11(10)17-14/h5-6,9H,2-4,7,14H2,1H3,(H,15,17)(H,16,19). The van der Waals surface area contributed by atoms with Crippen molar-refractivity contribution >= 4 is 27.7 Å². The second-order valence-electron chi connectivity index (χ2n) is 4.68. The lowest BCUT2D eigenvalue weighted by Crippen LogP contribution is -2.38. The van der Waals surface area contributed by atoms with E-state index in [-0.39, 0.29) is 5.91 Å². The highest BCUT2D eigenvalue weighted by Crippen LogP contribution is 2.18. The van der Waals surface area contributed by atoms with Crippen molar-refractivity contribution < 1.29 is 4.79 Å². The third kappa shape index (κ3) is 3.43. The summed E-state index contributed by atoms with van der Waals surface area (Å²) in [5, 5.41) is 2.94. The maximum atomic E-state index is 12.2. The summed E-state index contributed by atoms with van der Waals surface area (Å²) >= 11 is 3.30. The second kappa shape index (κ2) is 6.31. The summed E-state index contributed by atoms with van der Waals surface area (Å²) in [4.78, 5) is 18.5. The van der Waals surface area contributed by atoms with Crippen molar-refractivity contribution in [1.82, 2.24) is 15.2 Å². The molecule has 19 heavy (non-hydrogen) atoms. The zero-order valence-electron chi connectivity index (χ0n) is 10.8. The Labute approximate surface area is 120 Å². The smallest absolute Gasteiger partial charge is 0.255 e. The molecule has 1 aliphatic heterocycles. The minimum atomic E-state index is -0.165. The molecule has 1 saturated heterocycles. The lowest BCUT2D eigenvalue weighted by molar-refractivity contribution is 0.0944. The van der Waals surface area contributed by atoms with Gasteiger partial charge in [0.25, 0.3) is 5.91 Å². The van der Waals surface area contributed by atoms with E-state index in [1.165, 1.54) is 6.42 Å². The number of pyridine rings is 1. The first-order valence-corrected chi connectivity index (χ1v) is 7.01. The number of likely N-dealkylation sites (N-methyl/N-ethyl adjacent to an activating group) is 1. The van der Waals surface area contributed by atoms with Gasteiger partial charge in [-0.3, -0.25) is 4.79 Å². The number of likely N-dealkylation sites (tertiary alicyclic amines) is 1. The lowest BCUT2D eigenvalue weighted by Gasteiger charge is -2.20. The molecule has 0 bridgehead atoms. The van der Waals surface area contributed by atoms with E-state index in [1.54, 1.807) is 12.3 Å². The molecule has 1 fully saturated rings. The van der Waals surface area contributed by atoms with Gasteiger partial charge in [0.1, 0.15) is 0 Å². The van der Waals surface area contributed by atoms with Gasteiger partial charge >= 0.3 is 0 Å². The van der Waals surface area contributed by atoms with Gasteiger partial charge in [0.15, 0.2) is 5.82 Å². The van der Waals surface area contributed by atoms with E-state index < -0.39 is 0 Å². The Hall–Kier alpha value is -1.18. The number of hydrogen-bond acceptors (Lipinski definition) is 5. The number of hydrazine groups is 1. The van der Waals surface area contributed by atoms with Gasteiger partial charge in [-0.2, -0.15) is 0 Å². The SMILES string of the molecule is CN1CCCC1CNC(=O)c1cc(Br)cnc1NN. The molecule has 1 atom stereocenters. The summed E-state index contributed by atoms with van der Waals surface area (Å²) in [6.07, 6.45) is 3.90. The van der Waals surface area contributed by atoms with Gasteiger partial charge in [-0.1, -0.05) is 0 Å². The van der Waals surface area contributed by atoms with Crippen molar-refractivity contribution in [3.05, 3.63) is 22.3 Å². The molecule has 2 heterocycles. The maximum Gasteiger partial charge on any atom is 0.255 e. The van der Waals surface area contributed by atoms with Gasteiger partial charge in [-0.05, 0) is 48.4 Å². The van der Waals surface area contributed by atoms with Crippen LogP contribution in [0.2, 0.25) is 0 Å². The van der Waals surface area contributed by atoms with Crippen LogP contribution in [-0.2, 0) is 0 Å². The van der Waals surface area contributed by atoms with Crippen molar-refractivity contribution in [3.8, 4) is 0 Å². The largest absolute Gasteiger partial charge is 0.350 e. The fraction of sp³-hybridized carbons (Fsp3) is 0.500. The van der Waals surface area contributed by atoms with Crippen LogP contribution in [-0.4, -0.2) is 42.0 Å². The average Bonchev–Trinajstić information content (AvgIpc) is 2.81. The van der Waals surface area contributed by atoms with Crippen molar-refractivity contribution in [2.45, 2.75) is 18.9 Å². The monoisotopic (exact) mass is 327 g/mol. The average molecular weight is 328 g/mol. The molecule has 0 spiro atoms. The summed E-state index contributed by atoms with van der Waals surface area (Å²) in [5.74, 6) is 5.57. The van der Waals surface area contributed by atoms with Crippen molar-refractivity contribution in [3.63, 3.8) is 0 Å². The van der Waals surface area contributed by atoms with Crippen molar-refractivity contribution in [2.75, 3.05) is 25.6 Å². The number of rotatable bonds is 4. The fourth-order valence-electron chi connectivity index (χ4n) is 2.27. The van der Waals surface area contributed by atoms with Gasteiger partial charge in [0, 0.05) is 23.3 Å². The summed E-state index contributed by atoms with van der Waals surface area (Å²) < 4.78 is 0.745. The maximum absolute atomic E-state index is 12.2. The predicted molar refractivity (Wildman–Crippen MR) is 77.7 cm³/mol. The van der Waals surface area contributed by atoms with Crippen LogP contribution in [0.25, 0.3) is 0 Å². The summed E-state index contributed by atoms with van der Waals surface area (Å²) in [6.45, 7) is 1.74. The minimum Gasteiger partial charge on any atom is -0.350 e. The molecule has 0 aromatic carbocycles. The predicted octanol–water partition coefficient (Wildman–Crippen LogP) is 0.954. The molecule has 1 unspecified atom stereocenters. The van der Waals surface area contributed by atoms with E-state index in [0.29, 0.717) is 24.0 Å². The number of halogens is 1. The van der Waals surface area contributed by atoms with Crippen LogP contribution in [0.3, 0.4) is 0 Å². The first-order valence-electron chi connectivity index (χ1n) is 6.22. The number of nitrogen functional groups attached to an aromatic ring is 1. The highest BCUT2D eigenvalue weighted by atomic mass is 79.9. The van der Waals surface area contributed by atoms with E-state index in [1.807, 2.05) is 0 Å². The van der Waals surface area contributed by atoms with E-state index in [0.717, 1.165) is 17.4 Å². The van der Waals surface area contributed by atoms with Crippen molar-refractivity contribution in [1.29, 1.82) is 0 Å². The van der Waals surface area contributed by atoms with Crippen molar-refractivity contribution in [2.24, 2.45) is 5.84 Å². The van der Waals surface area contributed by atoms with E-state index in [4.69, 9.17) is 5.84 Å². The number of anilines is 1. The molecule has 104 valence electrons. The minimum absolute atomic E-state index is 0.165. The molecule has 0 radical (unpaired) electrons. The highest BCUT2D eigenvalue weighted by molar-refractivity contribution is 9.10. The molecule has 0 saturated carbocycles. The molecular weight excluding hydrogens is 310 g/mol. The molecule has 0 aliphatic carbocycles. The van der Waals surface area contributed by atoms with Gasteiger partial charge < -0.3 is 15.6 Å². The molecule has 1 aromatic rings. The Balaban J connectivity index is 2.01. The van der Waals surface area contributed by atoms with Crippen LogP contribution in [0.4, 0.5) is 5.82 Å². The van der Waals surface area contributed by atoms with Crippen LogP contribution in [0, 0.1) is 0 Å². The first-order chi connectivity index (χ1) is 9.11. The number of carbonyl (C=O) groups is 1. The molecule has 2 rings (SSSR count). The van der Waals surface area contributed by atoms with E-state index >= 15 is 0 Å². The van der Waals surface area contributed by atoms with Gasteiger partial charge in [-0.15, -0.1) is 0 Å². The Morgan fingerprint density at radius 3 is 3.11 bits per heavy atom. The molecule has 1 aliphatic rings. The Kier molecular flexibility index (Phi) is 4.73. The van der Waals surface area contributed by atoms with Crippen LogP contribution in [0.5, 0.6) is 0 Å². The topological polar surface area (TPSA) is 83.3 Å². The third-order valence-corrected chi connectivity index (χ3v) is 3.84. The molecule has 7 heteroatoms. The molecule has 6 nitrogen and oxygen atoms in total. The number of nitrogens with two attached hydrogens (primary N) is 1. The third-order valence-electron chi connectivity index (χ3n) is 3.41. The number of hydrogen-bond donors (Lipinski definition) is 3. The number of nitrogens with zero attached hydrogens (tertiary/aromatic N) is 2. The Morgan fingerprint density at radius 2 is 2.47 bits per heavy atom. The number of carbonyl (C=O) groups excluding carboxylic acids is 1. The van der Waals surface area contributed by atoms with Crippen LogP contribution in [0.1, 0.15) is 23.2 Å². The van der Waals surface area contributed by atoms with Gasteiger partial charge in [-0.25, -0.2) is 10.8 Å². The van der Waals surface area contributed by atoms with Gasteiger partial charge in [0.2, 0.25) is 0 Å². The molecular formula is C12H18BrN5O. The van der Waals surface area contributed by atoms with E-state index in [2.05, 4.69) is 43.6 Å². The first kappa shape index (κ1) is 14.2. The Bertz CT molecular complexity index is 467. The summed E-state index contributed by atoms with van der Waals surface area (Å²) in [6, 6.07) is 2.12. The van der Waals surface area contributed by atoms with Gasteiger partial charge in [0.05, 0.1) is 5.56 Å². The number of amides is 1. The number of nitrogens with one attached hydrogen (secondary N) is 2. The summed E-state index contributed by atoms with van der Waals surface area (Å²) in [7, 11) is 2.08. The normalized spacial score (nSPS) is 19.4. The lowest BCUT2D eigenvalue weighted by atomic mass is 10.2. The van der Waals surface area contributed by atoms with Crippen LogP contribution < -0.4 is 16.6 Å². The van der Waals surface area contributed by atoms with Crippen LogP contribution in [0.15, 0.2) is 16.7 Å². The highest BCUT2D eigenvalue weighted by Gasteiger charge is 2.22.